The standard InChI is InChI=1S/C12H12N4O/c1-3-5-9(13)12-15-11(16-17-12)10-8(2)6-4-7-14-10/h1,4,6-7,9H,5,13H2,2H3. The third-order valence-corrected chi connectivity index (χ3v) is 2.32. The van der Waals surface area contributed by atoms with E-state index in [1.54, 1.807) is 6.20 Å². The lowest BCUT2D eigenvalue weighted by molar-refractivity contribution is 0.356. The molecule has 2 aromatic rings. The second-order valence-corrected chi connectivity index (χ2v) is 3.64. The number of terminal acetylenes is 1. The van der Waals surface area contributed by atoms with Crippen molar-refractivity contribution in [3.05, 3.63) is 29.8 Å². The number of pyridine rings is 1. The first-order valence-electron chi connectivity index (χ1n) is 5.17. The molecule has 0 radical (unpaired) electrons. The molecular weight excluding hydrogens is 216 g/mol. The van der Waals surface area contributed by atoms with Gasteiger partial charge in [-0.25, -0.2) is 0 Å². The highest BCUT2D eigenvalue weighted by Crippen LogP contribution is 2.19. The third kappa shape index (κ3) is 2.32. The largest absolute Gasteiger partial charge is 0.337 e. The fraction of sp³-hybridized carbons (Fsp3) is 0.250. The van der Waals surface area contributed by atoms with Crippen LogP contribution in [0, 0.1) is 19.3 Å². The Bertz CT molecular complexity index is 556. The van der Waals surface area contributed by atoms with Crippen molar-refractivity contribution in [1.82, 2.24) is 15.1 Å². The van der Waals surface area contributed by atoms with E-state index >= 15 is 0 Å². The Morgan fingerprint density at radius 1 is 1.59 bits per heavy atom. The maximum Gasteiger partial charge on any atom is 0.244 e. The van der Waals surface area contributed by atoms with Crippen LogP contribution in [0.15, 0.2) is 22.9 Å². The molecule has 0 aromatic carbocycles. The van der Waals surface area contributed by atoms with Crippen molar-refractivity contribution >= 4 is 0 Å². The summed E-state index contributed by atoms with van der Waals surface area (Å²) in [5.41, 5.74) is 7.44. The monoisotopic (exact) mass is 228 g/mol. The predicted molar refractivity (Wildman–Crippen MR) is 62.6 cm³/mol. The summed E-state index contributed by atoms with van der Waals surface area (Å²) in [4.78, 5) is 8.40. The lowest BCUT2D eigenvalue weighted by atomic mass is 10.2. The molecule has 2 N–H and O–H groups in total. The summed E-state index contributed by atoms with van der Waals surface area (Å²) < 4.78 is 5.07. The number of nitrogens with two attached hydrogens (primary N) is 1. The summed E-state index contributed by atoms with van der Waals surface area (Å²) in [6.07, 6.45) is 7.22. The molecule has 2 rings (SSSR count). The molecule has 2 aromatic heterocycles. The normalized spacial score (nSPS) is 12.1. The maximum atomic E-state index is 5.78. The molecule has 1 unspecified atom stereocenters. The molecule has 0 bridgehead atoms. The molecule has 0 aliphatic rings. The smallest absolute Gasteiger partial charge is 0.244 e. The molecule has 0 saturated carbocycles. The van der Waals surface area contributed by atoms with Gasteiger partial charge in [0.15, 0.2) is 0 Å². The molecule has 5 heteroatoms. The average Bonchev–Trinajstić information content (AvgIpc) is 2.79. The fourth-order valence-electron chi connectivity index (χ4n) is 1.42. The van der Waals surface area contributed by atoms with Gasteiger partial charge >= 0.3 is 0 Å². The summed E-state index contributed by atoms with van der Waals surface area (Å²) in [6.45, 7) is 1.93. The highest BCUT2D eigenvalue weighted by molar-refractivity contribution is 5.53. The van der Waals surface area contributed by atoms with Crippen LogP contribution in [-0.2, 0) is 0 Å². The van der Waals surface area contributed by atoms with E-state index in [2.05, 4.69) is 21.0 Å². The minimum absolute atomic E-state index is 0.336. The number of aromatic nitrogens is 3. The molecule has 0 aliphatic heterocycles. The molecule has 2 heterocycles. The number of hydrogen-bond donors (Lipinski definition) is 1. The minimum atomic E-state index is -0.426. The highest BCUT2D eigenvalue weighted by atomic mass is 16.5. The van der Waals surface area contributed by atoms with Crippen LogP contribution < -0.4 is 5.73 Å². The van der Waals surface area contributed by atoms with Gasteiger partial charge < -0.3 is 10.3 Å². The summed E-state index contributed by atoms with van der Waals surface area (Å²) >= 11 is 0. The van der Waals surface area contributed by atoms with Crippen LogP contribution in [0.25, 0.3) is 11.5 Å². The second-order valence-electron chi connectivity index (χ2n) is 3.64. The third-order valence-electron chi connectivity index (χ3n) is 2.32. The molecule has 5 nitrogen and oxygen atoms in total. The van der Waals surface area contributed by atoms with Gasteiger partial charge in [-0.15, -0.1) is 12.3 Å². The van der Waals surface area contributed by atoms with Crippen molar-refractivity contribution in [2.75, 3.05) is 0 Å². The number of aryl methyl sites for hydroxylation is 1. The fourth-order valence-corrected chi connectivity index (χ4v) is 1.42. The van der Waals surface area contributed by atoms with Crippen LogP contribution in [-0.4, -0.2) is 15.1 Å². The first-order chi connectivity index (χ1) is 8.22. The topological polar surface area (TPSA) is 77.8 Å². The van der Waals surface area contributed by atoms with Gasteiger partial charge in [0.1, 0.15) is 5.69 Å². The van der Waals surface area contributed by atoms with E-state index in [4.69, 9.17) is 16.7 Å². The Morgan fingerprint density at radius 3 is 3.12 bits per heavy atom. The number of nitrogens with zero attached hydrogens (tertiary/aromatic N) is 3. The molecule has 0 spiro atoms. The van der Waals surface area contributed by atoms with Crippen molar-refractivity contribution in [3.8, 4) is 23.9 Å². The lowest BCUT2D eigenvalue weighted by Gasteiger charge is -1.99. The van der Waals surface area contributed by atoms with Gasteiger partial charge in [0.25, 0.3) is 0 Å². The molecule has 0 saturated heterocycles. The van der Waals surface area contributed by atoms with Crippen molar-refractivity contribution in [1.29, 1.82) is 0 Å². The number of hydrogen-bond acceptors (Lipinski definition) is 5. The van der Waals surface area contributed by atoms with E-state index in [-0.39, 0.29) is 0 Å². The second kappa shape index (κ2) is 4.76. The number of rotatable bonds is 3. The zero-order valence-electron chi connectivity index (χ0n) is 9.42. The zero-order valence-corrected chi connectivity index (χ0v) is 9.42. The van der Waals surface area contributed by atoms with E-state index in [0.717, 1.165) is 5.56 Å². The van der Waals surface area contributed by atoms with Crippen LogP contribution >= 0.6 is 0 Å². The van der Waals surface area contributed by atoms with E-state index in [1.165, 1.54) is 0 Å². The summed E-state index contributed by atoms with van der Waals surface area (Å²) in [5, 5.41) is 3.85. The quantitative estimate of drug-likeness (QED) is 0.805. The highest BCUT2D eigenvalue weighted by Gasteiger charge is 2.16. The molecular formula is C12H12N4O. The van der Waals surface area contributed by atoms with E-state index in [0.29, 0.717) is 23.8 Å². The maximum absolute atomic E-state index is 5.78. The molecule has 17 heavy (non-hydrogen) atoms. The SMILES string of the molecule is C#CCC(N)c1nc(-c2ncccc2C)no1. The van der Waals surface area contributed by atoms with Crippen LogP contribution in [0.2, 0.25) is 0 Å². The summed E-state index contributed by atoms with van der Waals surface area (Å²) in [5.74, 6) is 3.23. The predicted octanol–water partition coefficient (Wildman–Crippen LogP) is 1.46. The first kappa shape index (κ1) is 11.3. The summed E-state index contributed by atoms with van der Waals surface area (Å²) in [6, 6.07) is 3.36. The van der Waals surface area contributed by atoms with E-state index < -0.39 is 6.04 Å². The van der Waals surface area contributed by atoms with Crippen LogP contribution in [0.5, 0.6) is 0 Å². The van der Waals surface area contributed by atoms with Crippen molar-refractivity contribution < 1.29 is 4.52 Å². The van der Waals surface area contributed by atoms with Gasteiger partial charge in [-0.05, 0) is 18.6 Å². The Morgan fingerprint density at radius 2 is 2.41 bits per heavy atom. The molecule has 86 valence electrons. The Balaban J connectivity index is 2.31. The Labute approximate surface area is 99.1 Å². The van der Waals surface area contributed by atoms with Gasteiger partial charge in [0.2, 0.25) is 11.7 Å². The van der Waals surface area contributed by atoms with E-state index in [1.807, 2.05) is 19.1 Å². The van der Waals surface area contributed by atoms with Crippen molar-refractivity contribution in [3.63, 3.8) is 0 Å². The van der Waals surface area contributed by atoms with Gasteiger partial charge in [-0.2, -0.15) is 4.98 Å². The van der Waals surface area contributed by atoms with Crippen LogP contribution in [0.1, 0.15) is 23.9 Å². The van der Waals surface area contributed by atoms with Crippen molar-refractivity contribution in [2.24, 2.45) is 5.73 Å². The molecule has 0 amide bonds. The van der Waals surface area contributed by atoms with Crippen LogP contribution in [0.3, 0.4) is 0 Å². The first-order valence-corrected chi connectivity index (χ1v) is 5.17. The Hall–Kier alpha value is -2.19. The minimum Gasteiger partial charge on any atom is -0.337 e. The van der Waals surface area contributed by atoms with Gasteiger partial charge in [0.05, 0.1) is 6.04 Å². The molecule has 0 aliphatic carbocycles. The summed E-state index contributed by atoms with van der Waals surface area (Å²) in [7, 11) is 0. The molecule has 1 atom stereocenters. The van der Waals surface area contributed by atoms with Gasteiger partial charge in [0, 0.05) is 12.6 Å². The average molecular weight is 228 g/mol. The van der Waals surface area contributed by atoms with Crippen molar-refractivity contribution in [2.45, 2.75) is 19.4 Å². The zero-order chi connectivity index (χ0) is 12.3. The Kier molecular flexibility index (Phi) is 3.17. The van der Waals surface area contributed by atoms with Gasteiger partial charge in [-0.3, -0.25) is 4.98 Å². The lowest BCUT2D eigenvalue weighted by Crippen LogP contribution is -2.09. The van der Waals surface area contributed by atoms with Gasteiger partial charge in [-0.1, -0.05) is 11.2 Å². The van der Waals surface area contributed by atoms with Crippen LogP contribution in [0.4, 0.5) is 0 Å². The van der Waals surface area contributed by atoms with E-state index in [9.17, 15) is 0 Å². The molecule has 0 fully saturated rings.